The predicted octanol–water partition coefficient (Wildman–Crippen LogP) is 1.26. The minimum absolute atomic E-state index is 0.167. The fourth-order valence-corrected chi connectivity index (χ4v) is 2.35. The molecule has 1 aromatic heterocycles. The maximum atomic E-state index is 12.0. The van der Waals surface area contributed by atoms with Crippen molar-refractivity contribution in [2.75, 3.05) is 13.1 Å². The van der Waals surface area contributed by atoms with E-state index in [1.165, 1.54) is 5.56 Å². The summed E-state index contributed by atoms with van der Waals surface area (Å²) in [7, 11) is 0. The zero-order valence-corrected chi connectivity index (χ0v) is 10.9. The summed E-state index contributed by atoms with van der Waals surface area (Å²) in [6.45, 7) is 4.55. The standard InChI is InChI=1S/C14H21N3O/c1-2-11-4-3-7-16-13(11)10-17-14(18)12-5-8-15-9-6-12/h3-4,7,12,15H,2,5-6,8-10H2,1H3,(H,17,18). The zero-order valence-electron chi connectivity index (χ0n) is 10.9. The molecule has 0 spiro atoms. The molecule has 0 aromatic carbocycles. The molecule has 18 heavy (non-hydrogen) atoms. The van der Waals surface area contributed by atoms with Crippen LogP contribution in [0.25, 0.3) is 0 Å². The van der Waals surface area contributed by atoms with E-state index in [1.807, 2.05) is 6.07 Å². The number of hydrogen-bond acceptors (Lipinski definition) is 3. The number of nitrogens with one attached hydrogen (secondary N) is 2. The summed E-state index contributed by atoms with van der Waals surface area (Å²) in [6, 6.07) is 4.01. The van der Waals surface area contributed by atoms with Crippen LogP contribution in [0, 0.1) is 5.92 Å². The molecular formula is C14H21N3O. The quantitative estimate of drug-likeness (QED) is 0.842. The first kappa shape index (κ1) is 13.0. The largest absolute Gasteiger partial charge is 0.350 e. The van der Waals surface area contributed by atoms with Crippen molar-refractivity contribution in [1.82, 2.24) is 15.6 Å². The van der Waals surface area contributed by atoms with Crippen LogP contribution in [0.1, 0.15) is 31.0 Å². The van der Waals surface area contributed by atoms with Crippen LogP contribution in [0.5, 0.6) is 0 Å². The second-order valence-corrected chi connectivity index (χ2v) is 4.70. The molecule has 0 bridgehead atoms. The Morgan fingerprint density at radius 2 is 2.28 bits per heavy atom. The molecule has 2 rings (SSSR count). The molecule has 0 atom stereocenters. The number of pyridine rings is 1. The first-order chi connectivity index (χ1) is 8.81. The van der Waals surface area contributed by atoms with Crippen LogP contribution in [0.3, 0.4) is 0 Å². The Labute approximate surface area is 108 Å². The number of carbonyl (C=O) groups excluding carboxylic acids is 1. The van der Waals surface area contributed by atoms with Crippen LogP contribution in [0.4, 0.5) is 0 Å². The van der Waals surface area contributed by atoms with E-state index in [-0.39, 0.29) is 11.8 Å². The summed E-state index contributed by atoms with van der Waals surface area (Å²) in [5.41, 5.74) is 2.20. The molecule has 1 aliphatic heterocycles. The Morgan fingerprint density at radius 3 is 3.00 bits per heavy atom. The number of rotatable bonds is 4. The van der Waals surface area contributed by atoms with Crippen molar-refractivity contribution in [3.05, 3.63) is 29.6 Å². The lowest BCUT2D eigenvalue weighted by Crippen LogP contribution is -2.38. The minimum atomic E-state index is 0.167. The maximum absolute atomic E-state index is 12.0. The van der Waals surface area contributed by atoms with Crippen LogP contribution >= 0.6 is 0 Å². The normalized spacial score (nSPS) is 16.5. The van der Waals surface area contributed by atoms with Gasteiger partial charge in [0.25, 0.3) is 0 Å². The van der Waals surface area contributed by atoms with Gasteiger partial charge in [-0.1, -0.05) is 13.0 Å². The molecule has 0 saturated carbocycles. The molecule has 4 nitrogen and oxygen atoms in total. The van der Waals surface area contributed by atoms with Crippen molar-refractivity contribution in [2.24, 2.45) is 5.92 Å². The van der Waals surface area contributed by atoms with Gasteiger partial charge in [-0.05, 0) is 44.0 Å². The highest BCUT2D eigenvalue weighted by Crippen LogP contribution is 2.12. The lowest BCUT2D eigenvalue weighted by Gasteiger charge is -2.21. The molecular weight excluding hydrogens is 226 g/mol. The van der Waals surface area contributed by atoms with Crippen LogP contribution in [0.2, 0.25) is 0 Å². The molecule has 0 aliphatic carbocycles. The van der Waals surface area contributed by atoms with Gasteiger partial charge in [-0.2, -0.15) is 0 Å². The van der Waals surface area contributed by atoms with Crippen molar-refractivity contribution >= 4 is 5.91 Å². The highest BCUT2D eigenvalue weighted by atomic mass is 16.1. The lowest BCUT2D eigenvalue weighted by molar-refractivity contribution is -0.125. The number of piperidine rings is 1. The Bertz CT molecular complexity index is 400. The second kappa shape index (κ2) is 6.50. The van der Waals surface area contributed by atoms with Gasteiger partial charge >= 0.3 is 0 Å². The number of aromatic nitrogens is 1. The molecule has 1 saturated heterocycles. The number of hydrogen-bond donors (Lipinski definition) is 2. The van der Waals surface area contributed by atoms with E-state index in [4.69, 9.17) is 0 Å². The summed E-state index contributed by atoms with van der Waals surface area (Å²) < 4.78 is 0. The van der Waals surface area contributed by atoms with E-state index in [2.05, 4.69) is 28.6 Å². The number of amides is 1. The predicted molar refractivity (Wildman–Crippen MR) is 71.1 cm³/mol. The highest BCUT2D eigenvalue weighted by molar-refractivity contribution is 5.78. The van der Waals surface area contributed by atoms with Gasteiger partial charge in [0.2, 0.25) is 5.91 Å². The summed E-state index contributed by atoms with van der Waals surface area (Å²) in [5, 5.41) is 6.28. The van der Waals surface area contributed by atoms with E-state index in [9.17, 15) is 4.79 Å². The van der Waals surface area contributed by atoms with Crippen molar-refractivity contribution < 1.29 is 4.79 Å². The average Bonchev–Trinajstić information content (AvgIpc) is 2.46. The molecule has 0 unspecified atom stereocenters. The SMILES string of the molecule is CCc1cccnc1CNC(=O)C1CCNCC1. The lowest BCUT2D eigenvalue weighted by atomic mass is 9.97. The van der Waals surface area contributed by atoms with Gasteiger partial charge in [0.05, 0.1) is 12.2 Å². The van der Waals surface area contributed by atoms with E-state index in [0.717, 1.165) is 38.0 Å². The van der Waals surface area contributed by atoms with E-state index < -0.39 is 0 Å². The van der Waals surface area contributed by atoms with E-state index in [0.29, 0.717) is 6.54 Å². The molecule has 0 radical (unpaired) electrons. The second-order valence-electron chi connectivity index (χ2n) is 4.70. The number of carbonyl (C=O) groups is 1. The van der Waals surface area contributed by atoms with Gasteiger partial charge in [-0.15, -0.1) is 0 Å². The van der Waals surface area contributed by atoms with Crippen molar-refractivity contribution in [3.63, 3.8) is 0 Å². The smallest absolute Gasteiger partial charge is 0.223 e. The molecule has 1 amide bonds. The first-order valence-corrected chi connectivity index (χ1v) is 6.72. The van der Waals surface area contributed by atoms with Crippen LogP contribution in [-0.2, 0) is 17.8 Å². The Morgan fingerprint density at radius 1 is 1.50 bits per heavy atom. The van der Waals surface area contributed by atoms with Crippen molar-refractivity contribution in [1.29, 1.82) is 0 Å². The van der Waals surface area contributed by atoms with Gasteiger partial charge in [-0.3, -0.25) is 9.78 Å². The Hall–Kier alpha value is -1.42. The van der Waals surface area contributed by atoms with Gasteiger partial charge < -0.3 is 10.6 Å². The summed E-state index contributed by atoms with van der Waals surface area (Å²) in [5.74, 6) is 0.337. The van der Waals surface area contributed by atoms with Crippen LogP contribution < -0.4 is 10.6 Å². The first-order valence-electron chi connectivity index (χ1n) is 6.72. The van der Waals surface area contributed by atoms with Gasteiger partial charge in [0, 0.05) is 12.1 Å². The van der Waals surface area contributed by atoms with Crippen LogP contribution in [0.15, 0.2) is 18.3 Å². The van der Waals surface area contributed by atoms with Crippen molar-refractivity contribution in [2.45, 2.75) is 32.7 Å². The highest BCUT2D eigenvalue weighted by Gasteiger charge is 2.20. The van der Waals surface area contributed by atoms with E-state index in [1.54, 1.807) is 6.20 Å². The average molecular weight is 247 g/mol. The Balaban J connectivity index is 1.88. The van der Waals surface area contributed by atoms with Crippen molar-refractivity contribution in [3.8, 4) is 0 Å². The number of nitrogens with zero attached hydrogens (tertiary/aromatic N) is 1. The fraction of sp³-hybridized carbons (Fsp3) is 0.571. The summed E-state index contributed by atoms with van der Waals surface area (Å²) >= 11 is 0. The molecule has 2 heterocycles. The van der Waals surface area contributed by atoms with Gasteiger partial charge in [0.15, 0.2) is 0 Å². The topological polar surface area (TPSA) is 54.0 Å². The van der Waals surface area contributed by atoms with Crippen LogP contribution in [-0.4, -0.2) is 24.0 Å². The third kappa shape index (κ3) is 3.29. The third-order valence-electron chi connectivity index (χ3n) is 3.51. The molecule has 98 valence electrons. The monoisotopic (exact) mass is 247 g/mol. The molecule has 2 N–H and O–H groups in total. The molecule has 4 heteroatoms. The summed E-state index contributed by atoms with van der Waals surface area (Å²) in [6.07, 6.45) is 4.61. The Kier molecular flexibility index (Phi) is 4.70. The molecule has 1 fully saturated rings. The maximum Gasteiger partial charge on any atom is 0.223 e. The fourth-order valence-electron chi connectivity index (χ4n) is 2.35. The van der Waals surface area contributed by atoms with Gasteiger partial charge in [-0.25, -0.2) is 0 Å². The molecule has 1 aromatic rings. The van der Waals surface area contributed by atoms with E-state index >= 15 is 0 Å². The molecule has 1 aliphatic rings. The van der Waals surface area contributed by atoms with Gasteiger partial charge in [0.1, 0.15) is 0 Å². The number of aryl methyl sites for hydroxylation is 1. The summed E-state index contributed by atoms with van der Waals surface area (Å²) in [4.78, 5) is 16.3. The third-order valence-corrected chi connectivity index (χ3v) is 3.51. The zero-order chi connectivity index (χ0) is 12.8. The minimum Gasteiger partial charge on any atom is -0.350 e.